The van der Waals surface area contributed by atoms with E-state index in [1.165, 1.54) is 29.4 Å². The first kappa shape index (κ1) is 18.8. The van der Waals surface area contributed by atoms with Crippen molar-refractivity contribution in [3.05, 3.63) is 70.1 Å². The number of hydrogen-bond acceptors (Lipinski definition) is 4. The molecular formula is C21H21N3O2S. The molecule has 5 nitrogen and oxygen atoms in total. The molecule has 0 radical (unpaired) electrons. The molecule has 2 aromatic carbocycles. The van der Waals surface area contributed by atoms with E-state index in [0.717, 1.165) is 16.8 Å². The van der Waals surface area contributed by atoms with Crippen LogP contribution >= 0.6 is 11.3 Å². The minimum Gasteiger partial charge on any atom is -0.352 e. The Kier molecular flexibility index (Phi) is 5.66. The summed E-state index contributed by atoms with van der Waals surface area (Å²) in [6, 6.07) is 13.3. The van der Waals surface area contributed by atoms with Gasteiger partial charge in [0.1, 0.15) is 0 Å². The van der Waals surface area contributed by atoms with Gasteiger partial charge in [-0.25, -0.2) is 4.98 Å². The number of carbonyl (C=O) groups excluding carboxylic acids is 2. The standard InChI is InChI=1S/C21H21N3O2S/c1-13-4-7-18(10-14(13)2)19-12-27-21(23-19)24-20(26)17-8-5-16(6-9-17)11-22-15(3)25/h4-10,12H,11H2,1-3H3,(H,22,25)(H,23,24,26). The molecule has 0 saturated carbocycles. The van der Waals surface area contributed by atoms with Crippen LogP contribution in [0.2, 0.25) is 0 Å². The van der Waals surface area contributed by atoms with Gasteiger partial charge in [0, 0.05) is 30.0 Å². The van der Waals surface area contributed by atoms with E-state index in [2.05, 4.69) is 41.6 Å². The summed E-state index contributed by atoms with van der Waals surface area (Å²) in [6.45, 7) is 6.07. The number of hydrogen-bond donors (Lipinski definition) is 2. The van der Waals surface area contributed by atoms with Crippen LogP contribution < -0.4 is 10.6 Å². The molecule has 3 aromatic rings. The minimum atomic E-state index is -0.206. The number of anilines is 1. The Hall–Kier alpha value is -2.99. The Bertz CT molecular complexity index is 977. The highest BCUT2D eigenvalue weighted by atomic mass is 32.1. The van der Waals surface area contributed by atoms with Gasteiger partial charge in [-0.15, -0.1) is 11.3 Å². The van der Waals surface area contributed by atoms with Gasteiger partial charge in [0.2, 0.25) is 5.91 Å². The fraction of sp³-hybridized carbons (Fsp3) is 0.190. The number of thiazole rings is 1. The maximum absolute atomic E-state index is 12.4. The molecule has 0 aliphatic carbocycles. The van der Waals surface area contributed by atoms with E-state index in [1.54, 1.807) is 12.1 Å². The minimum absolute atomic E-state index is 0.0832. The highest BCUT2D eigenvalue weighted by Gasteiger charge is 2.10. The van der Waals surface area contributed by atoms with Crippen molar-refractivity contribution in [2.75, 3.05) is 5.32 Å². The summed E-state index contributed by atoms with van der Waals surface area (Å²) in [5, 5.41) is 8.08. The SMILES string of the molecule is CC(=O)NCc1ccc(C(=O)Nc2nc(-c3ccc(C)c(C)c3)cs2)cc1. The normalized spacial score (nSPS) is 10.5. The molecule has 0 spiro atoms. The Labute approximate surface area is 162 Å². The highest BCUT2D eigenvalue weighted by molar-refractivity contribution is 7.14. The molecule has 0 aliphatic heterocycles. The molecule has 6 heteroatoms. The van der Waals surface area contributed by atoms with Crippen LogP contribution in [0.25, 0.3) is 11.3 Å². The van der Waals surface area contributed by atoms with Crippen LogP contribution in [0.3, 0.4) is 0 Å². The van der Waals surface area contributed by atoms with Crippen molar-refractivity contribution in [2.24, 2.45) is 0 Å². The Morgan fingerprint density at radius 3 is 2.44 bits per heavy atom. The fourth-order valence-electron chi connectivity index (χ4n) is 2.53. The topological polar surface area (TPSA) is 71.1 Å². The summed E-state index contributed by atoms with van der Waals surface area (Å²) < 4.78 is 0. The zero-order valence-corrected chi connectivity index (χ0v) is 16.3. The molecule has 0 aliphatic rings. The number of rotatable bonds is 5. The summed E-state index contributed by atoms with van der Waals surface area (Å²) in [5.74, 6) is -0.290. The van der Waals surface area contributed by atoms with E-state index in [9.17, 15) is 9.59 Å². The molecule has 0 fully saturated rings. The predicted octanol–water partition coefficient (Wildman–Crippen LogP) is 4.32. The van der Waals surface area contributed by atoms with Crippen molar-refractivity contribution in [1.29, 1.82) is 0 Å². The number of aromatic nitrogens is 1. The Morgan fingerprint density at radius 1 is 1.04 bits per heavy atom. The Balaban J connectivity index is 1.67. The second-order valence-corrected chi connectivity index (χ2v) is 7.26. The van der Waals surface area contributed by atoms with Crippen molar-refractivity contribution in [1.82, 2.24) is 10.3 Å². The molecule has 1 aromatic heterocycles. The zero-order chi connectivity index (χ0) is 19.4. The van der Waals surface area contributed by atoms with Crippen molar-refractivity contribution in [2.45, 2.75) is 27.3 Å². The van der Waals surface area contributed by atoms with E-state index < -0.39 is 0 Å². The molecule has 0 bridgehead atoms. The van der Waals surface area contributed by atoms with Crippen molar-refractivity contribution in [3.8, 4) is 11.3 Å². The molecule has 0 unspecified atom stereocenters. The average molecular weight is 379 g/mol. The summed E-state index contributed by atoms with van der Waals surface area (Å²) >= 11 is 1.40. The molecule has 2 amide bonds. The summed E-state index contributed by atoms with van der Waals surface area (Å²) in [4.78, 5) is 27.9. The van der Waals surface area contributed by atoms with Gasteiger partial charge < -0.3 is 5.32 Å². The van der Waals surface area contributed by atoms with Crippen LogP contribution in [-0.2, 0) is 11.3 Å². The van der Waals surface area contributed by atoms with Crippen LogP contribution in [0.4, 0.5) is 5.13 Å². The lowest BCUT2D eigenvalue weighted by Crippen LogP contribution is -2.19. The van der Waals surface area contributed by atoms with Gasteiger partial charge in [-0.3, -0.25) is 14.9 Å². The molecule has 3 rings (SSSR count). The predicted molar refractivity (Wildman–Crippen MR) is 109 cm³/mol. The molecule has 0 saturated heterocycles. The first-order chi connectivity index (χ1) is 12.9. The number of carbonyl (C=O) groups is 2. The molecule has 138 valence electrons. The van der Waals surface area contributed by atoms with Crippen molar-refractivity contribution < 1.29 is 9.59 Å². The lowest BCUT2D eigenvalue weighted by atomic mass is 10.1. The third kappa shape index (κ3) is 4.80. The third-order valence-electron chi connectivity index (χ3n) is 4.28. The van der Waals surface area contributed by atoms with E-state index in [4.69, 9.17) is 0 Å². The van der Waals surface area contributed by atoms with E-state index in [0.29, 0.717) is 17.2 Å². The number of aryl methyl sites for hydroxylation is 2. The van der Waals surface area contributed by atoms with Crippen LogP contribution in [0.5, 0.6) is 0 Å². The summed E-state index contributed by atoms with van der Waals surface area (Å²) in [6.07, 6.45) is 0. The van der Waals surface area contributed by atoms with Gasteiger partial charge in [0.15, 0.2) is 5.13 Å². The lowest BCUT2D eigenvalue weighted by Gasteiger charge is -2.05. The quantitative estimate of drug-likeness (QED) is 0.694. The van der Waals surface area contributed by atoms with Crippen molar-refractivity contribution >= 4 is 28.3 Å². The van der Waals surface area contributed by atoms with E-state index >= 15 is 0 Å². The smallest absolute Gasteiger partial charge is 0.257 e. The Morgan fingerprint density at radius 2 is 1.78 bits per heavy atom. The monoisotopic (exact) mass is 379 g/mol. The molecular weight excluding hydrogens is 358 g/mol. The van der Waals surface area contributed by atoms with Crippen LogP contribution in [-0.4, -0.2) is 16.8 Å². The number of amides is 2. The van der Waals surface area contributed by atoms with Crippen molar-refractivity contribution in [3.63, 3.8) is 0 Å². The first-order valence-corrected chi connectivity index (χ1v) is 9.48. The van der Waals surface area contributed by atoms with E-state index in [-0.39, 0.29) is 11.8 Å². The second-order valence-electron chi connectivity index (χ2n) is 6.40. The molecule has 0 atom stereocenters. The number of nitrogens with one attached hydrogen (secondary N) is 2. The largest absolute Gasteiger partial charge is 0.352 e. The van der Waals surface area contributed by atoms with Crippen LogP contribution in [0.1, 0.15) is 34.0 Å². The fourth-order valence-corrected chi connectivity index (χ4v) is 3.25. The van der Waals surface area contributed by atoms with Crippen LogP contribution in [0, 0.1) is 13.8 Å². The molecule has 27 heavy (non-hydrogen) atoms. The zero-order valence-electron chi connectivity index (χ0n) is 15.5. The summed E-state index contributed by atoms with van der Waals surface area (Å²) in [5.41, 5.74) is 5.83. The second kappa shape index (κ2) is 8.14. The van der Waals surface area contributed by atoms with Gasteiger partial charge in [-0.2, -0.15) is 0 Å². The summed E-state index contributed by atoms with van der Waals surface area (Å²) in [7, 11) is 0. The van der Waals surface area contributed by atoms with Gasteiger partial charge in [0.25, 0.3) is 5.91 Å². The van der Waals surface area contributed by atoms with Gasteiger partial charge in [0.05, 0.1) is 5.69 Å². The van der Waals surface area contributed by atoms with Crippen LogP contribution in [0.15, 0.2) is 47.8 Å². The third-order valence-corrected chi connectivity index (χ3v) is 5.04. The highest BCUT2D eigenvalue weighted by Crippen LogP contribution is 2.26. The van der Waals surface area contributed by atoms with Gasteiger partial charge in [-0.05, 0) is 48.7 Å². The average Bonchev–Trinajstić information content (AvgIpc) is 3.11. The molecule has 1 heterocycles. The maximum atomic E-state index is 12.4. The first-order valence-electron chi connectivity index (χ1n) is 8.60. The lowest BCUT2D eigenvalue weighted by molar-refractivity contribution is -0.119. The number of benzene rings is 2. The van der Waals surface area contributed by atoms with Gasteiger partial charge >= 0.3 is 0 Å². The molecule has 2 N–H and O–H groups in total. The maximum Gasteiger partial charge on any atom is 0.257 e. The number of nitrogens with zero attached hydrogens (tertiary/aromatic N) is 1. The van der Waals surface area contributed by atoms with Gasteiger partial charge in [-0.1, -0.05) is 24.3 Å². The van der Waals surface area contributed by atoms with E-state index in [1.807, 2.05) is 23.6 Å².